The quantitative estimate of drug-likeness (QED) is 0.567. The highest BCUT2D eigenvalue weighted by Gasteiger charge is 2.16. The van der Waals surface area contributed by atoms with Crippen molar-refractivity contribution in [2.75, 3.05) is 32.1 Å². The second kappa shape index (κ2) is 9.31. The largest absolute Gasteiger partial charge is 0.490 e. The maximum atomic E-state index is 12.1. The fourth-order valence-electron chi connectivity index (χ4n) is 3.25. The third-order valence-corrected chi connectivity index (χ3v) is 4.62. The Hall–Kier alpha value is -2.44. The van der Waals surface area contributed by atoms with Crippen molar-refractivity contribution in [3.05, 3.63) is 18.2 Å². The van der Waals surface area contributed by atoms with Crippen LogP contribution >= 0.6 is 0 Å². The van der Waals surface area contributed by atoms with E-state index >= 15 is 0 Å². The molecule has 26 heavy (non-hydrogen) atoms. The minimum Gasteiger partial charge on any atom is -0.490 e. The maximum Gasteiger partial charge on any atom is 0.239 e. The Kier molecular flexibility index (Phi) is 6.57. The number of anilines is 1. The van der Waals surface area contributed by atoms with Gasteiger partial charge in [0, 0.05) is 31.3 Å². The van der Waals surface area contributed by atoms with E-state index in [0.29, 0.717) is 25.2 Å². The van der Waals surface area contributed by atoms with E-state index in [2.05, 4.69) is 20.9 Å². The first-order chi connectivity index (χ1) is 12.7. The van der Waals surface area contributed by atoms with E-state index in [0.717, 1.165) is 36.4 Å². The molecule has 3 rings (SSSR count). The number of hydrogen-bond acceptors (Lipinski definition) is 4. The van der Waals surface area contributed by atoms with Crippen LogP contribution in [0.3, 0.4) is 0 Å². The highest BCUT2D eigenvalue weighted by molar-refractivity contribution is 5.96. The molecule has 1 heterocycles. The lowest BCUT2D eigenvalue weighted by atomic mass is 9.95. The van der Waals surface area contributed by atoms with Crippen LogP contribution in [0, 0.1) is 0 Å². The second-order valence-electron chi connectivity index (χ2n) is 6.67. The summed E-state index contributed by atoms with van der Waals surface area (Å²) in [6, 6.07) is 5.99. The lowest BCUT2D eigenvalue weighted by molar-refractivity contribution is -0.120. The predicted octanol–water partition coefficient (Wildman–Crippen LogP) is 2.28. The van der Waals surface area contributed by atoms with Gasteiger partial charge >= 0.3 is 0 Å². The van der Waals surface area contributed by atoms with Gasteiger partial charge in [-0.15, -0.1) is 0 Å². The highest BCUT2D eigenvalue weighted by Crippen LogP contribution is 2.32. The van der Waals surface area contributed by atoms with Crippen molar-refractivity contribution in [1.29, 1.82) is 0 Å². The van der Waals surface area contributed by atoms with Crippen molar-refractivity contribution in [3.8, 4) is 11.5 Å². The Bertz CT molecular complexity index is 642. The van der Waals surface area contributed by atoms with E-state index in [1.807, 2.05) is 18.2 Å². The molecule has 1 fully saturated rings. The van der Waals surface area contributed by atoms with Gasteiger partial charge in [0.2, 0.25) is 5.91 Å². The van der Waals surface area contributed by atoms with Crippen LogP contribution in [0.15, 0.2) is 23.2 Å². The zero-order valence-corrected chi connectivity index (χ0v) is 15.3. The number of nitrogens with one attached hydrogen (secondary N) is 3. The Labute approximate surface area is 154 Å². The van der Waals surface area contributed by atoms with Gasteiger partial charge in [-0.05, 0) is 25.0 Å². The third kappa shape index (κ3) is 5.28. The van der Waals surface area contributed by atoms with Crippen molar-refractivity contribution in [1.82, 2.24) is 10.6 Å². The van der Waals surface area contributed by atoms with Crippen LogP contribution < -0.4 is 25.4 Å². The average Bonchev–Trinajstić information content (AvgIpc) is 2.91. The first kappa shape index (κ1) is 18.4. The molecule has 0 spiro atoms. The number of rotatable bonds is 4. The Balaban J connectivity index is 1.50. The van der Waals surface area contributed by atoms with Crippen molar-refractivity contribution in [2.24, 2.45) is 4.99 Å². The minimum atomic E-state index is -0.00138. The summed E-state index contributed by atoms with van der Waals surface area (Å²) in [6.45, 7) is 1.50. The molecule has 0 saturated heterocycles. The fraction of sp³-hybridized carbons (Fsp3) is 0.579. The smallest absolute Gasteiger partial charge is 0.239 e. The normalized spacial score (nSPS) is 18.0. The third-order valence-electron chi connectivity index (χ3n) is 4.62. The summed E-state index contributed by atoms with van der Waals surface area (Å²) >= 11 is 0. The number of aliphatic imine (C=N–C) groups is 1. The summed E-state index contributed by atoms with van der Waals surface area (Å²) in [5.74, 6) is 2.01. The van der Waals surface area contributed by atoms with Gasteiger partial charge in [0.15, 0.2) is 17.5 Å². The van der Waals surface area contributed by atoms with Crippen LogP contribution in [0.25, 0.3) is 0 Å². The molecule has 1 amide bonds. The molecule has 142 valence electrons. The molecule has 1 aliphatic carbocycles. The first-order valence-electron chi connectivity index (χ1n) is 9.41. The molecular formula is C19H28N4O3. The number of carbonyl (C=O) groups is 1. The zero-order valence-electron chi connectivity index (χ0n) is 15.3. The molecule has 0 unspecified atom stereocenters. The maximum absolute atomic E-state index is 12.1. The van der Waals surface area contributed by atoms with E-state index in [9.17, 15) is 4.79 Å². The van der Waals surface area contributed by atoms with Gasteiger partial charge in [-0.3, -0.25) is 9.79 Å². The molecule has 7 heteroatoms. The van der Waals surface area contributed by atoms with Crippen LogP contribution in [-0.4, -0.2) is 44.7 Å². The fourth-order valence-corrected chi connectivity index (χ4v) is 3.25. The predicted molar refractivity (Wildman–Crippen MR) is 102 cm³/mol. The molecular weight excluding hydrogens is 332 g/mol. The lowest BCUT2D eigenvalue weighted by Gasteiger charge is -2.23. The lowest BCUT2D eigenvalue weighted by Crippen LogP contribution is -2.44. The molecule has 1 aliphatic heterocycles. The van der Waals surface area contributed by atoms with Crippen LogP contribution in [-0.2, 0) is 4.79 Å². The SMILES string of the molecule is CN=C(NCC(=O)NC1CCCCC1)Nc1ccc2c(c1)OCCCO2. The number of ether oxygens (including phenoxy) is 2. The van der Waals surface area contributed by atoms with E-state index in [1.54, 1.807) is 7.05 Å². The number of guanidine groups is 1. The number of amides is 1. The number of hydrogen-bond donors (Lipinski definition) is 3. The zero-order chi connectivity index (χ0) is 18.2. The summed E-state index contributed by atoms with van der Waals surface area (Å²) < 4.78 is 11.3. The van der Waals surface area contributed by atoms with Gasteiger partial charge < -0.3 is 25.4 Å². The molecule has 1 aromatic rings. The average molecular weight is 360 g/mol. The van der Waals surface area contributed by atoms with Crippen LogP contribution in [0.1, 0.15) is 38.5 Å². The van der Waals surface area contributed by atoms with Gasteiger partial charge in [0.05, 0.1) is 19.8 Å². The summed E-state index contributed by atoms with van der Waals surface area (Å²) in [6.07, 6.45) is 6.71. The van der Waals surface area contributed by atoms with Crippen molar-refractivity contribution < 1.29 is 14.3 Å². The van der Waals surface area contributed by atoms with Crippen LogP contribution in [0.2, 0.25) is 0 Å². The van der Waals surface area contributed by atoms with Gasteiger partial charge in [0.1, 0.15) is 0 Å². The number of nitrogens with zero attached hydrogens (tertiary/aromatic N) is 1. The molecule has 0 bridgehead atoms. The van der Waals surface area contributed by atoms with Crippen molar-refractivity contribution in [3.63, 3.8) is 0 Å². The molecule has 0 atom stereocenters. The van der Waals surface area contributed by atoms with Gasteiger partial charge in [-0.25, -0.2) is 0 Å². The van der Waals surface area contributed by atoms with Gasteiger partial charge in [0.25, 0.3) is 0 Å². The Morgan fingerprint density at radius 2 is 1.88 bits per heavy atom. The summed E-state index contributed by atoms with van der Waals surface area (Å²) in [7, 11) is 1.68. The number of carbonyl (C=O) groups excluding carboxylic acids is 1. The molecule has 7 nitrogen and oxygen atoms in total. The summed E-state index contributed by atoms with van der Waals surface area (Å²) in [5, 5.41) is 9.33. The molecule has 2 aliphatic rings. The van der Waals surface area contributed by atoms with E-state index in [4.69, 9.17) is 9.47 Å². The van der Waals surface area contributed by atoms with E-state index in [1.165, 1.54) is 19.3 Å². The summed E-state index contributed by atoms with van der Waals surface area (Å²) in [5.41, 5.74) is 0.829. The molecule has 0 radical (unpaired) electrons. The van der Waals surface area contributed by atoms with Gasteiger partial charge in [-0.1, -0.05) is 19.3 Å². The second-order valence-corrected chi connectivity index (χ2v) is 6.67. The van der Waals surface area contributed by atoms with Crippen LogP contribution in [0.5, 0.6) is 11.5 Å². The Morgan fingerprint density at radius 1 is 1.12 bits per heavy atom. The first-order valence-corrected chi connectivity index (χ1v) is 9.41. The number of fused-ring (bicyclic) bond motifs is 1. The standard InChI is InChI=1S/C19H28N4O3/c1-20-19(21-13-18(24)22-14-6-3-2-4-7-14)23-15-8-9-16-17(12-15)26-11-5-10-25-16/h8-9,12,14H,2-7,10-11,13H2,1H3,(H,22,24)(H2,20,21,23). The van der Waals surface area contributed by atoms with Crippen LogP contribution in [0.4, 0.5) is 5.69 Å². The molecule has 3 N–H and O–H groups in total. The van der Waals surface area contributed by atoms with Crippen molar-refractivity contribution in [2.45, 2.75) is 44.6 Å². The van der Waals surface area contributed by atoms with E-state index < -0.39 is 0 Å². The molecule has 1 aromatic carbocycles. The molecule has 1 saturated carbocycles. The summed E-state index contributed by atoms with van der Waals surface area (Å²) in [4.78, 5) is 16.3. The minimum absolute atomic E-state index is 0.00138. The monoisotopic (exact) mass is 360 g/mol. The van der Waals surface area contributed by atoms with E-state index in [-0.39, 0.29) is 12.5 Å². The topological polar surface area (TPSA) is 84.0 Å². The Morgan fingerprint density at radius 3 is 2.65 bits per heavy atom. The van der Waals surface area contributed by atoms with Gasteiger partial charge in [-0.2, -0.15) is 0 Å². The number of benzene rings is 1. The van der Waals surface area contributed by atoms with Crippen molar-refractivity contribution >= 4 is 17.6 Å². The highest BCUT2D eigenvalue weighted by atomic mass is 16.5. The molecule has 0 aromatic heterocycles.